The van der Waals surface area contributed by atoms with Crippen LogP contribution in [0.3, 0.4) is 0 Å². The topological polar surface area (TPSA) is 52.9 Å². The van der Waals surface area contributed by atoms with Gasteiger partial charge in [0.2, 0.25) is 5.91 Å². The second-order valence-corrected chi connectivity index (χ2v) is 3.66. The minimum atomic E-state index is -0.630. The van der Waals surface area contributed by atoms with E-state index >= 15 is 0 Å². The number of nitriles is 1. The van der Waals surface area contributed by atoms with Crippen molar-refractivity contribution in [3.05, 3.63) is 29.6 Å². The van der Waals surface area contributed by atoms with E-state index in [1.165, 1.54) is 12.1 Å². The fraction of sp³-hybridized carbons (Fsp3) is 0.273. The Bertz CT molecular complexity index is 442. The standard InChI is InChI=1S/C11H10ClFN2O/c1-7(5-12)11(16)15-10-3-2-8(6-14)4-9(10)13/h2-4,7H,5H2,1H3,(H,15,16). The van der Waals surface area contributed by atoms with E-state index in [-0.39, 0.29) is 23.0 Å². The van der Waals surface area contributed by atoms with Crippen molar-refractivity contribution in [2.45, 2.75) is 6.92 Å². The number of halogens is 2. The molecule has 5 heteroatoms. The first-order valence-electron chi connectivity index (χ1n) is 4.65. The SMILES string of the molecule is CC(CCl)C(=O)Nc1ccc(C#N)cc1F. The van der Waals surface area contributed by atoms with Gasteiger partial charge in [0, 0.05) is 11.8 Å². The van der Waals surface area contributed by atoms with Gasteiger partial charge >= 0.3 is 0 Å². The summed E-state index contributed by atoms with van der Waals surface area (Å²) in [6.07, 6.45) is 0. The number of rotatable bonds is 3. The predicted molar refractivity (Wildman–Crippen MR) is 59.6 cm³/mol. The van der Waals surface area contributed by atoms with Crippen LogP contribution in [0.15, 0.2) is 18.2 Å². The zero-order valence-corrected chi connectivity index (χ0v) is 9.38. The van der Waals surface area contributed by atoms with Gasteiger partial charge in [0.15, 0.2) is 0 Å². The Morgan fingerprint density at radius 1 is 1.69 bits per heavy atom. The molecular weight excluding hydrogens is 231 g/mol. The molecule has 0 fully saturated rings. The molecule has 1 N–H and O–H groups in total. The Balaban J connectivity index is 2.83. The molecule has 0 saturated heterocycles. The first kappa shape index (κ1) is 12.5. The first-order valence-corrected chi connectivity index (χ1v) is 5.18. The molecule has 1 rings (SSSR count). The van der Waals surface area contributed by atoms with Crippen molar-refractivity contribution in [2.24, 2.45) is 5.92 Å². The van der Waals surface area contributed by atoms with Gasteiger partial charge in [-0.15, -0.1) is 11.6 Å². The minimum Gasteiger partial charge on any atom is -0.323 e. The van der Waals surface area contributed by atoms with Gasteiger partial charge in [-0.1, -0.05) is 6.92 Å². The molecule has 84 valence electrons. The number of benzene rings is 1. The van der Waals surface area contributed by atoms with Gasteiger partial charge in [0.25, 0.3) is 0 Å². The monoisotopic (exact) mass is 240 g/mol. The summed E-state index contributed by atoms with van der Waals surface area (Å²) in [5.41, 5.74) is 0.266. The Morgan fingerprint density at radius 2 is 2.38 bits per heavy atom. The van der Waals surface area contributed by atoms with Gasteiger partial charge in [-0.25, -0.2) is 4.39 Å². The highest BCUT2D eigenvalue weighted by Gasteiger charge is 2.13. The maximum absolute atomic E-state index is 13.4. The minimum absolute atomic E-state index is 0.0565. The summed E-state index contributed by atoms with van der Waals surface area (Å²) < 4.78 is 13.4. The Morgan fingerprint density at radius 3 is 2.88 bits per heavy atom. The van der Waals surface area contributed by atoms with E-state index in [0.29, 0.717) is 0 Å². The van der Waals surface area contributed by atoms with E-state index in [1.54, 1.807) is 6.92 Å². The number of amides is 1. The van der Waals surface area contributed by atoms with Gasteiger partial charge in [-0.3, -0.25) is 4.79 Å². The van der Waals surface area contributed by atoms with Crippen molar-refractivity contribution in [3.8, 4) is 6.07 Å². The summed E-state index contributed by atoms with van der Waals surface area (Å²) in [6.45, 7) is 1.64. The van der Waals surface area contributed by atoms with Crippen LogP contribution in [0, 0.1) is 23.1 Å². The van der Waals surface area contributed by atoms with Gasteiger partial charge in [-0.05, 0) is 18.2 Å². The number of alkyl halides is 1. The van der Waals surface area contributed by atoms with Crippen molar-refractivity contribution < 1.29 is 9.18 Å². The molecule has 1 amide bonds. The van der Waals surface area contributed by atoms with Crippen molar-refractivity contribution in [3.63, 3.8) is 0 Å². The number of carbonyl (C=O) groups excluding carboxylic acids is 1. The Labute approximate surface area is 97.8 Å². The molecule has 0 aliphatic rings. The van der Waals surface area contributed by atoms with E-state index in [0.717, 1.165) is 6.07 Å². The zero-order valence-electron chi connectivity index (χ0n) is 8.63. The highest BCUT2D eigenvalue weighted by molar-refractivity contribution is 6.19. The quantitative estimate of drug-likeness (QED) is 0.826. The fourth-order valence-electron chi connectivity index (χ4n) is 1.01. The molecule has 1 unspecified atom stereocenters. The number of anilines is 1. The van der Waals surface area contributed by atoms with Gasteiger partial charge in [0.05, 0.1) is 17.3 Å². The van der Waals surface area contributed by atoms with Crippen LogP contribution in [0.1, 0.15) is 12.5 Å². The second-order valence-electron chi connectivity index (χ2n) is 3.35. The van der Waals surface area contributed by atoms with E-state index in [9.17, 15) is 9.18 Å². The van der Waals surface area contributed by atoms with Crippen LogP contribution in [-0.2, 0) is 4.79 Å². The average molecular weight is 241 g/mol. The molecule has 0 spiro atoms. The lowest BCUT2D eigenvalue weighted by Gasteiger charge is -2.09. The van der Waals surface area contributed by atoms with Crippen LogP contribution in [0.2, 0.25) is 0 Å². The molecule has 0 aliphatic heterocycles. The lowest BCUT2D eigenvalue weighted by molar-refractivity contribution is -0.118. The van der Waals surface area contributed by atoms with Gasteiger partial charge < -0.3 is 5.32 Å². The smallest absolute Gasteiger partial charge is 0.228 e. The molecule has 0 bridgehead atoms. The van der Waals surface area contributed by atoms with Crippen LogP contribution in [0.4, 0.5) is 10.1 Å². The van der Waals surface area contributed by atoms with Crippen molar-refractivity contribution >= 4 is 23.2 Å². The van der Waals surface area contributed by atoms with E-state index in [2.05, 4.69) is 5.32 Å². The number of carbonyl (C=O) groups is 1. The van der Waals surface area contributed by atoms with Crippen LogP contribution in [0.25, 0.3) is 0 Å². The Kier molecular flexibility index (Phi) is 4.27. The highest BCUT2D eigenvalue weighted by Crippen LogP contribution is 2.16. The summed E-state index contributed by atoms with van der Waals surface area (Å²) >= 11 is 5.50. The summed E-state index contributed by atoms with van der Waals surface area (Å²) in [5, 5.41) is 10.9. The van der Waals surface area contributed by atoms with Gasteiger partial charge in [-0.2, -0.15) is 5.26 Å². The average Bonchev–Trinajstić information content (AvgIpc) is 2.30. The van der Waals surface area contributed by atoms with Crippen molar-refractivity contribution in [1.29, 1.82) is 5.26 Å². The molecule has 0 saturated carbocycles. The number of hydrogen-bond acceptors (Lipinski definition) is 2. The summed E-state index contributed by atoms with van der Waals surface area (Å²) in [6, 6.07) is 5.67. The maximum Gasteiger partial charge on any atom is 0.228 e. The summed E-state index contributed by atoms with van der Waals surface area (Å²) in [7, 11) is 0. The molecular formula is C11H10ClFN2O. The van der Waals surface area contributed by atoms with Crippen molar-refractivity contribution in [2.75, 3.05) is 11.2 Å². The summed E-state index contributed by atoms with van der Waals surface area (Å²) in [4.78, 5) is 11.4. The molecule has 0 heterocycles. The van der Waals surface area contributed by atoms with Crippen molar-refractivity contribution in [1.82, 2.24) is 0 Å². The van der Waals surface area contributed by atoms with Crippen LogP contribution in [0.5, 0.6) is 0 Å². The second kappa shape index (κ2) is 5.47. The fourth-order valence-corrected chi connectivity index (χ4v) is 1.15. The molecule has 1 aromatic rings. The van der Waals surface area contributed by atoms with E-state index < -0.39 is 11.7 Å². The normalized spacial score (nSPS) is 11.6. The van der Waals surface area contributed by atoms with Crippen LogP contribution >= 0.6 is 11.6 Å². The molecule has 1 aromatic carbocycles. The van der Waals surface area contributed by atoms with Crippen LogP contribution in [-0.4, -0.2) is 11.8 Å². The maximum atomic E-state index is 13.4. The predicted octanol–water partition coefficient (Wildman–Crippen LogP) is 2.51. The van der Waals surface area contributed by atoms with Gasteiger partial charge in [0.1, 0.15) is 5.82 Å². The Hall–Kier alpha value is -1.60. The first-order chi connectivity index (χ1) is 7.58. The lowest BCUT2D eigenvalue weighted by atomic mass is 10.1. The molecule has 0 aliphatic carbocycles. The molecule has 16 heavy (non-hydrogen) atoms. The number of nitrogens with one attached hydrogen (secondary N) is 1. The largest absolute Gasteiger partial charge is 0.323 e. The molecule has 0 aromatic heterocycles. The highest BCUT2D eigenvalue weighted by atomic mass is 35.5. The summed E-state index contributed by atoms with van der Waals surface area (Å²) in [5.74, 6) is -1.20. The molecule has 0 radical (unpaired) electrons. The van der Waals surface area contributed by atoms with E-state index in [4.69, 9.17) is 16.9 Å². The zero-order chi connectivity index (χ0) is 12.1. The third-order valence-electron chi connectivity index (χ3n) is 2.04. The molecule has 3 nitrogen and oxygen atoms in total. The number of hydrogen-bond donors (Lipinski definition) is 1. The third-order valence-corrected chi connectivity index (χ3v) is 2.50. The third kappa shape index (κ3) is 2.94. The number of nitrogens with zero attached hydrogens (tertiary/aromatic N) is 1. The molecule has 1 atom stereocenters. The van der Waals surface area contributed by atoms with Crippen LogP contribution < -0.4 is 5.32 Å². The lowest BCUT2D eigenvalue weighted by Crippen LogP contribution is -2.22. The van der Waals surface area contributed by atoms with E-state index in [1.807, 2.05) is 6.07 Å².